The first kappa shape index (κ1) is 18.8. The first-order valence-electron chi connectivity index (χ1n) is 8.90. The number of halogens is 1. The number of hydrogen-bond donors (Lipinski definition) is 2. The Bertz CT molecular complexity index is 785. The average Bonchev–Trinajstić information content (AvgIpc) is 2.65. The predicted octanol–water partition coefficient (Wildman–Crippen LogP) is 3.13. The number of urea groups is 1. The monoisotopic (exact) mass is 370 g/mol. The Kier molecular flexibility index (Phi) is 6.03. The smallest absolute Gasteiger partial charge is 0.321 e. The maximum Gasteiger partial charge on any atom is 0.321 e. The zero-order valence-corrected chi connectivity index (χ0v) is 15.2. The van der Waals surface area contributed by atoms with Gasteiger partial charge in [-0.2, -0.15) is 0 Å². The van der Waals surface area contributed by atoms with Gasteiger partial charge in [-0.1, -0.05) is 12.1 Å². The van der Waals surface area contributed by atoms with Gasteiger partial charge in [0.05, 0.1) is 0 Å². The molecule has 142 valence electrons. The third-order valence-corrected chi connectivity index (χ3v) is 4.44. The second kappa shape index (κ2) is 8.64. The van der Waals surface area contributed by atoms with Crippen molar-refractivity contribution in [1.29, 1.82) is 0 Å². The van der Waals surface area contributed by atoms with Gasteiger partial charge in [0.15, 0.2) is 0 Å². The summed E-state index contributed by atoms with van der Waals surface area (Å²) in [6.07, 6.45) is 0. The molecule has 0 aliphatic carbocycles. The van der Waals surface area contributed by atoms with Crippen LogP contribution >= 0.6 is 0 Å². The van der Waals surface area contributed by atoms with Crippen molar-refractivity contribution in [3.8, 4) is 0 Å². The lowest BCUT2D eigenvalue weighted by Crippen LogP contribution is -2.49. The Morgan fingerprint density at radius 2 is 1.44 bits per heavy atom. The molecule has 2 aromatic carbocycles. The number of nitrogens with one attached hydrogen (secondary N) is 2. The molecule has 0 aromatic heterocycles. The van der Waals surface area contributed by atoms with Crippen molar-refractivity contribution in [2.75, 3.05) is 36.8 Å². The van der Waals surface area contributed by atoms with Crippen molar-refractivity contribution in [3.63, 3.8) is 0 Å². The molecule has 0 bridgehead atoms. The van der Waals surface area contributed by atoms with E-state index in [0.29, 0.717) is 24.5 Å². The molecule has 1 aliphatic rings. The fraction of sp³-hybridized carbons (Fsp3) is 0.300. The van der Waals surface area contributed by atoms with E-state index >= 15 is 0 Å². The quantitative estimate of drug-likeness (QED) is 0.869. The number of benzene rings is 2. The highest BCUT2D eigenvalue weighted by atomic mass is 19.1. The van der Waals surface area contributed by atoms with Gasteiger partial charge in [-0.25, -0.2) is 9.18 Å². The molecule has 1 saturated heterocycles. The van der Waals surface area contributed by atoms with Gasteiger partial charge in [-0.15, -0.1) is 0 Å². The highest BCUT2D eigenvalue weighted by Gasteiger charge is 2.21. The number of amides is 3. The molecule has 0 radical (unpaired) electrons. The summed E-state index contributed by atoms with van der Waals surface area (Å²) in [5.74, 6) is -0.365. The van der Waals surface area contributed by atoms with Gasteiger partial charge >= 0.3 is 6.03 Å². The summed E-state index contributed by atoms with van der Waals surface area (Å²) in [5.41, 5.74) is 2.44. The SMILES string of the molecule is CC(=O)Nc1ccc(NC(=O)N2CCN(Cc3ccc(F)cc3)CC2)cc1. The minimum Gasteiger partial charge on any atom is -0.326 e. The van der Waals surface area contributed by atoms with Crippen LogP contribution in [0.2, 0.25) is 0 Å². The van der Waals surface area contributed by atoms with Crippen LogP contribution < -0.4 is 10.6 Å². The van der Waals surface area contributed by atoms with Crippen molar-refractivity contribution >= 4 is 23.3 Å². The molecule has 0 spiro atoms. The largest absolute Gasteiger partial charge is 0.326 e. The van der Waals surface area contributed by atoms with E-state index in [0.717, 1.165) is 25.2 Å². The maximum absolute atomic E-state index is 13.0. The van der Waals surface area contributed by atoms with E-state index in [1.807, 2.05) is 0 Å². The Labute approximate surface area is 158 Å². The molecule has 7 heteroatoms. The van der Waals surface area contributed by atoms with Crippen LogP contribution in [-0.2, 0) is 11.3 Å². The molecule has 1 heterocycles. The van der Waals surface area contributed by atoms with Gasteiger partial charge in [-0.3, -0.25) is 9.69 Å². The van der Waals surface area contributed by atoms with E-state index in [1.54, 1.807) is 41.3 Å². The number of rotatable bonds is 4. The van der Waals surface area contributed by atoms with Crippen molar-refractivity contribution in [1.82, 2.24) is 9.80 Å². The van der Waals surface area contributed by atoms with Gasteiger partial charge in [0.1, 0.15) is 5.82 Å². The van der Waals surface area contributed by atoms with Crippen LogP contribution in [0.25, 0.3) is 0 Å². The van der Waals surface area contributed by atoms with Crippen LogP contribution in [0, 0.1) is 5.82 Å². The molecule has 0 atom stereocenters. The van der Waals surface area contributed by atoms with Crippen molar-refractivity contribution in [2.45, 2.75) is 13.5 Å². The van der Waals surface area contributed by atoms with E-state index in [4.69, 9.17) is 0 Å². The molecule has 1 fully saturated rings. The summed E-state index contributed by atoms with van der Waals surface area (Å²) in [6.45, 7) is 5.01. The molecule has 3 rings (SSSR count). The summed E-state index contributed by atoms with van der Waals surface area (Å²) in [5, 5.41) is 5.57. The topological polar surface area (TPSA) is 64.7 Å². The summed E-state index contributed by atoms with van der Waals surface area (Å²) >= 11 is 0. The van der Waals surface area contributed by atoms with Crippen LogP contribution in [0.3, 0.4) is 0 Å². The first-order chi connectivity index (χ1) is 13.0. The zero-order valence-electron chi connectivity index (χ0n) is 15.2. The van der Waals surface area contributed by atoms with Crippen LogP contribution in [0.5, 0.6) is 0 Å². The van der Waals surface area contributed by atoms with Gasteiger partial charge in [0, 0.05) is 51.0 Å². The Balaban J connectivity index is 1.46. The molecule has 2 N–H and O–H groups in total. The molecule has 3 amide bonds. The molecule has 2 aromatic rings. The van der Waals surface area contributed by atoms with Gasteiger partial charge in [0.2, 0.25) is 5.91 Å². The average molecular weight is 370 g/mol. The third-order valence-electron chi connectivity index (χ3n) is 4.44. The van der Waals surface area contributed by atoms with E-state index < -0.39 is 0 Å². The van der Waals surface area contributed by atoms with E-state index in [-0.39, 0.29) is 17.8 Å². The second-order valence-corrected chi connectivity index (χ2v) is 6.58. The van der Waals surface area contributed by atoms with E-state index in [1.165, 1.54) is 19.1 Å². The van der Waals surface area contributed by atoms with Crippen LogP contribution in [0.1, 0.15) is 12.5 Å². The summed E-state index contributed by atoms with van der Waals surface area (Å²) in [6, 6.07) is 13.4. The number of hydrogen-bond acceptors (Lipinski definition) is 3. The lowest BCUT2D eigenvalue weighted by molar-refractivity contribution is -0.114. The zero-order chi connectivity index (χ0) is 19.2. The Hall–Kier alpha value is -2.93. The predicted molar refractivity (Wildman–Crippen MR) is 103 cm³/mol. The Morgan fingerprint density at radius 3 is 2.00 bits per heavy atom. The molecule has 1 aliphatic heterocycles. The molecule has 6 nitrogen and oxygen atoms in total. The van der Waals surface area contributed by atoms with Gasteiger partial charge in [-0.05, 0) is 42.0 Å². The van der Waals surface area contributed by atoms with Crippen LogP contribution in [0.15, 0.2) is 48.5 Å². The molecule has 0 saturated carbocycles. The third kappa shape index (κ3) is 5.52. The fourth-order valence-electron chi connectivity index (χ4n) is 3.00. The molecular weight excluding hydrogens is 347 g/mol. The van der Waals surface area contributed by atoms with Crippen molar-refractivity contribution < 1.29 is 14.0 Å². The molecular formula is C20H23FN4O2. The first-order valence-corrected chi connectivity index (χ1v) is 8.90. The fourth-order valence-corrected chi connectivity index (χ4v) is 3.00. The number of piperazine rings is 1. The van der Waals surface area contributed by atoms with E-state index in [9.17, 15) is 14.0 Å². The normalized spacial score (nSPS) is 14.7. The lowest BCUT2D eigenvalue weighted by Gasteiger charge is -2.34. The molecule has 27 heavy (non-hydrogen) atoms. The Morgan fingerprint density at radius 1 is 0.889 bits per heavy atom. The number of carbonyl (C=O) groups is 2. The van der Waals surface area contributed by atoms with Crippen molar-refractivity contribution in [3.05, 3.63) is 59.9 Å². The van der Waals surface area contributed by atoms with Crippen LogP contribution in [0.4, 0.5) is 20.6 Å². The van der Waals surface area contributed by atoms with Gasteiger partial charge < -0.3 is 15.5 Å². The van der Waals surface area contributed by atoms with Crippen LogP contribution in [-0.4, -0.2) is 47.9 Å². The maximum atomic E-state index is 13.0. The standard InChI is InChI=1S/C20H23FN4O2/c1-15(26)22-18-6-8-19(9-7-18)23-20(27)25-12-10-24(11-13-25)14-16-2-4-17(21)5-3-16/h2-9H,10-14H2,1H3,(H,22,26)(H,23,27). The minimum absolute atomic E-state index is 0.134. The molecule has 0 unspecified atom stereocenters. The summed E-state index contributed by atoms with van der Waals surface area (Å²) < 4.78 is 13.0. The summed E-state index contributed by atoms with van der Waals surface area (Å²) in [4.78, 5) is 27.5. The van der Waals surface area contributed by atoms with E-state index in [2.05, 4.69) is 15.5 Å². The number of carbonyl (C=O) groups excluding carboxylic acids is 2. The highest BCUT2D eigenvalue weighted by molar-refractivity contribution is 5.91. The minimum atomic E-state index is -0.231. The number of nitrogens with zero attached hydrogens (tertiary/aromatic N) is 2. The highest BCUT2D eigenvalue weighted by Crippen LogP contribution is 2.15. The summed E-state index contributed by atoms with van der Waals surface area (Å²) in [7, 11) is 0. The second-order valence-electron chi connectivity index (χ2n) is 6.58. The number of anilines is 2. The lowest BCUT2D eigenvalue weighted by atomic mass is 10.2. The van der Waals surface area contributed by atoms with Gasteiger partial charge in [0.25, 0.3) is 0 Å². The van der Waals surface area contributed by atoms with Crippen molar-refractivity contribution in [2.24, 2.45) is 0 Å².